The smallest absolute Gasteiger partial charge is 0.280 e. The lowest BCUT2D eigenvalue weighted by Crippen LogP contribution is -2.40. The van der Waals surface area contributed by atoms with E-state index in [1.54, 1.807) is 0 Å². The van der Waals surface area contributed by atoms with Gasteiger partial charge in [-0.1, -0.05) is 0 Å². The molecule has 2 aromatic rings. The third kappa shape index (κ3) is 1.83. The molecule has 3 heterocycles. The summed E-state index contributed by atoms with van der Waals surface area (Å²) in [6.45, 7) is 0.830. The second-order valence-corrected chi connectivity index (χ2v) is 5.02. The van der Waals surface area contributed by atoms with E-state index < -0.39 is 36.3 Å². The number of imidazole rings is 1. The van der Waals surface area contributed by atoms with Crippen molar-refractivity contribution < 1.29 is 19.3 Å². The lowest BCUT2D eigenvalue weighted by atomic mass is 10.1. The molecule has 1 aliphatic heterocycles. The monoisotopic (exact) mass is 299 g/mol. The summed E-state index contributed by atoms with van der Waals surface area (Å²) in [5.74, 6) is -0.148. The molecule has 0 radical (unpaired) electrons. The first kappa shape index (κ1) is 13.9. The van der Waals surface area contributed by atoms with Crippen molar-refractivity contribution in [1.82, 2.24) is 19.5 Å². The number of anilines is 1. The van der Waals surface area contributed by atoms with Crippen LogP contribution in [0, 0.1) is 0 Å². The van der Waals surface area contributed by atoms with Gasteiger partial charge in [-0.05, 0) is 6.92 Å². The van der Waals surface area contributed by atoms with Crippen molar-refractivity contribution in [3.8, 4) is 0 Å². The number of H-pyrrole nitrogens is 1. The zero-order valence-electron chi connectivity index (χ0n) is 11.0. The SMILES string of the molecule is C[C@@]1(n2cnc3c(=O)[nH]c(N)nc32)O[C@H](CO)[C@@H](O)[C@H]1F. The highest BCUT2D eigenvalue weighted by Crippen LogP contribution is 2.38. The Balaban J connectivity index is 2.19. The van der Waals surface area contributed by atoms with Gasteiger partial charge in [-0.2, -0.15) is 4.98 Å². The van der Waals surface area contributed by atoms with Crippen molar-refractivity contribution in [2.24, 2.45) is 0 Å². The zero-order chi connectivity index (χ0) is 15.4. The lowest BCUT2D eigenvalue weighted by molar-refractivity contribution is -0.118. The van der Waals surface area contributed by atoms with Crippen molar-refractivity contribution in [2.75, 3.05) is 12.3 Å². The summed E-state index contributed by atoms with van der Waals surface area (Å²) in [7, 11) is 0. The molecule has 1 aliphatic rings. The van der Waals surface area contributed by atoms with Gasteiger partial charge in [0.15, 0.2) is 23.1 Å². The van der Waals surface area contributed by atoms with Crippen molar-refractivity contribution in [1.29, 1.82) is 0 Å². The van der Waals surface area contributed by atoms with Crippen molar-refractivity contribution in [2.45, 2.75) is 31.0 Å². The van der Waals surface area contributed by atoms with Crippen LogP contribution in [0.2, 0.25) is 0 Å². The molecule has 0 aliphatic carbocycles. The van der Waals surface area contributed by atoms with Crippen LogP contribution in [0.25, 0.3) is 11.2 Å². The fourth-order valence-corrected chi connectivity index (χ4v) is 2.53. The average molecular weight is 299 g/mol. The third-order valence-corrected chi connectivity index (χ3v) is 3.67. The van der Waals surface area contributed by atoms with Gasteiger partial charge in [-0.25, -0.2) is 9.37 Å². The van der Waals surface area contributed by atoms with E-state index in [0.29, 0.717) is 0 Å². The fourth-order valence-electron chi connectivity index (χ4n) is 2.53. The van der Waals surface area contributed by atoms with Gasteiger partial charge in [0.2, 0.25) is 5.95 Å². The topological polar surface area (TPSA) is 139 Å². The van der Waals surface area contributed by atoms with Gasteiger partial charge in [0.25, 0.3) is 5.56 Å². The lowest BCUT2D eigenvalue weighted by Gasteiger charge is -2.28. The van der Waals surface area contributed by atoms with Gasteiger partial charge < -0.3 is 20.7 Å². The first-order valence-corrected chi connectivity index (χ1v) is 6.22. The number of hydrogen-bond acceptors (Lipinski definition) is 7. The summed E-state index contributed by atoms with van der Waals surface area (Å²) >= 11 is 0. The maximum absolute atomic E-state index is 14.4. The predicted molar refractivity (Wildman–Crippen MR) is 69.1 cm³/mol. The first-order chi connectivity index (χ1) is 9.88. The minimum Gasteiger partial charge on any atom is -0.394 e. The number of nitrogens with two attached hydrogens (primary N) is 1. The van der Waals surface area contributed by atoms with E-state index in [4.69, 9.17) is 15.6 Å². The van der Waals surface area contributed by atoms with E-state index in [1.807, 2.05) is 0 Å². The van der Waals surface area contributed by atoms with Gasteiger partial charge >= 0.3 is 0 Å². The molecule has 0 spiro atoms. The second kappa shape index (κ2) is 4.48. The number of aromatic nitrogens is 4. The van der Waals surface area contributed by atoms with Crippen LogP contribution in [0.5, 0.6) is 0 Å². The number of aliphatic hydroxyl groups is 2. The van der Waals surface area contributed by atoms with Crippen molar-refractivity contribution in [3.05, 3.63) is 16.7 Å². The Labute approximate surface area is 117 Å². The number of alkyl halides is 1. The molecule has 10 heteroatoms. The highest BCUT2D eigenvalue weighted by molar-refractivity contribution is 5.70. The van der Waals surface area contributed by atoms with Crippen LogP contribution in [0.15, 0.2) is 11.1 Å². The highest BCUT2D eigenvalue weighted by atomic mass is 19.1. The number of aliphatic hydroxyl groups excluding tert-OH is 2. The maximum atomic E-state index is 14.4. The van der Waals surface area contributed by atoms with Gasteiger partial charge in [0.1, 0.15) is 12.2 Å². The Morgan fingerprint density at radius 1 is 1.67 bits per heavy atom. The fraction of sp³-hybridized carbons (Fsp3) is 0.545. The summed E-state index contributed by atoms with van der Waals surface area (Å²) in [5.41, 5.74) is 3.27. The molecule has 9 nitrogen and oxygen atoms in total. The molecule has 0 unspecified atom stereocenters. The summed E-state index contributed by atoms with van der Waals surface area (Å²) in [6, 6.07) is 0. The van der Waals surface area contributed by atoms with Crippen LogP contribution < -0.4 is 11.3 Å². The van der Waals surface area contributed by atoms with Crippen LogP contribution >= 0.6 is 0 Å². The minimum absolute atomic E-state index is 0.0248. The van der Waals surface area contributed by atoms with Crippen molar-refractivity contribution >= 4 is 17.1 Å². The van der Waals surface area contributed by atoms with Crippen LogP contribution in [0.1, 0.15) is 6.92 Å². The summed E-state index contributed by atoms with van der Waals surface area (Å²) < 4.78 is 21.0. The van der Waals surface area contributed by atoms with E-state index in [2.05, 4.69) is 15.0 Å². The Bertz CT molecular complexity index is 746. The van der Waals surface area contributed by atoms with Gasteiger partial charge in [0.05, 0.1) is 12.9 Å². The summed E-state index contributed by atoms with van der Waals surface area (Å²) in [6.07, 6.45) is -3.24. The molecule has 1 fully saturated rings. The van der Waals surface area contributed by atoms with E-state index >= 15 is 0 Å². The maximum Gasteiger partial charge on any atom is 0.280 e. The Kier molecular flexibility index (Phi) is 2.97. The summed E-state index contributed by atoms with van der Waals surface area (Å²) in [5, 5.41) is 18.9. The number of nitrogens with zero attached hydrogens (tertiary/aromatic N) is 3. The Hall–Kier alpha value is -2.04. The first-order valence-electron chi connectivity index (χ1n) is 6.22. The van der Waals surface area contributed by atoms with Crippen molar-refractivity contribution in [3.63, 3.8) is 0 Å². The third-order valence-electron chi connectivity index (χ3n) is 3.67. The molecule has 3 rings (SSSR count). The van der Waals surface area contributed by atoms with E-state index in [-0.39, 0.29) is 17.1 Å². The van der Waals surface area contributed by atoms with Crippen LogP contribution in [0.3, 0.4) is 0 Å². The Morgan fingerprint density at radius 2 is 2.38 bits per heavy atom. The molecular formula is C11H14FN5O4. The number of ether oxygens (including phenoxy) is 1. The largest absolute Gasteiger partial charge is 0.394 e. The minimum atomic E-state index is -1.84. The molecular weight excluding hydrogens is 285 g/mol. The molecule has 0 amide bonds. The normalized spacial score (nSPS) is 32.9. The quantitative estimate of drug-likeness (QED) is 0.527. The number of halogens is 1. The van der Waals surface area contributed by atoms with Gasteiger partial charge in [-0.15, -0.1) is 0 Å². The number of nitrogen functional groups attached to an aromatic ring is 1. The van der Waals surface area contributed by atoms with Crippen LogP contribution in [0.4, 0.5) is 10.3 Å². The number of hydrogen-bond donors (Lipinski definition) is 4. The van der Waals surface area contributed by atoms with Gasteiger partial charge in [-0.3, -0.25) is 14.3 Å². The number of rotatable bonds is 2. The average Bonchev–Trinajstić information content (AvgIpc) is 2.95. The Morgan fingerprint density at radius 3 is 3.00 bits per heavy atom. The number of aromatic amines is 1. The van der Waals surface area contributed by atoms with Crippen LogP contribution in [-0.2, 0) is 10.5 Å². The van der Waals surface area contributed by atoms with E-state index in [9.17, 15) is 14.3 Å². The second-order valence-electron chi connectivity index (χ2n) is 5.02. The molecule has 0 bridgehead atoms. The van der Waals surface area contributed by atoms with Gasteiger partial charge in [0, 0.05) is 0 Å². The zero-order valence-corrected chi connectivity index (χ0v) is 11.0. The predicted octanol–water partition coefficient (Wildman–Crippen LogP) is -1.54. The molecule has 5 N–H and O–H groups in total. The molecule has 21 heavy (non-hydrogen) atoms. The molecule has 1 saturated heterocycles. The standard InChI is InChI=1S/C11H14FN5O4/c1-11(7(12)6(19)4(2-18)21-11)17-3-14-5-8(17)15-10(13)16-9(5)20/h3-4,6-7,18-19H,2H2,1H3,(H3,13,15,16,20)/t4-,6-,7-,11-/m1/s1. The number of nitrogens with one attached hydrogen (secondary N) is 1. The molecule has 0 aromatic carbocycles. The number of fused-ring (bicyclic) bond motifs is 1. The van der Waals surface area contributed by atoms with E-state index in [0.717, 1.165) is 0 Å². The molecule has 2 aromatic heterocycles. The van der Waals surface area contributed by atoms with E-state index in [1.165, 1.54) is 17.8 Å². The van der Waals surface area contributed by atoms with Crippen LogP contribution in [-0.4, -0.2) is 54.7 Å². The molecule has 4 atom stereocenters. The molecule has 114 valence electrons. The highest BCUT2D eigenvalue weighted by Gasteiger charge is 2.54. The summed E-state index contributed by atoms with van der Waals surface area (Å²) in [4.78, 5) is 21.8. The molecule has 0 saturated carbocycles.